The first-order valence-corrected chi connectivity index (χ1v) is 10.9. The Labute approximate surface area is 222 Å². The Hall–Kier alpha value is -6.32. The monoisotopic (exact) mass is 548 g/mol. The smallest absolute Gasteiger partial charge is 0.331 e. The van der Waals surface area contributed by atoms with Crippen molar-refractivity contribution >= 4 is 35.6 Å². The normalized spacial score (nSPS) is 11.1. The maximum Gasteiger partial charge on any atom is 0.331 e. The second-order valence-electron chi connectivity index (χ2n) is 7.72. The van der Waals surface area contributed by atoms with E-state index in [0.717, 1.165) is 36.7 Å². The van der Waals surface area contributed by atoms with Crippen molar-refractivity contribution in [1.82, 2.24) is 10.9 Å². The molecule has 16 heteroatoms. The standard InChI is InChI=1S/C24H16N6O10/c31-19-5-1-13(9-17(19)29(35)36)21-7-3-15(39-21)11-25-27-23(33)24(34)28-26-12-16-4-8-22(40-16)14-2-6-20(32)18(10-14)30(37)38/h1-12,31-32H,(H,27,33)(H,28,34)/b25-11-,26-12?. The third-order valence-corrected chi connectivity index (χ3v) is 5.09. The number of hydrazone groups is 2. The van der Waals surface area contributed by atoms with Gasteiger partial charge in [0.25, 0.3) is 0 Å². The van der Waals surface area contributed by atoms with Crippen molar-refractivity contribution in [2.45, 2.75) is 0 Å². The number of aromatic hydroxyl groups is 2. The van der Waals surface area contributed by atoms with Crippen LogP contribution in [-0.4, -0.2) is 44.3 Å². The predicted molar refractivity (Wildman–Crippen MR) is 136 cm³/mol. The van der Waals surface area contributed by atoms with Crippen LogP contribution in [0.15, 0.2) is 79.7 Å². The summed E-state index contributed by atoms with van der Waals surface area (Å²) in [7, 11) is 0. The van der Waals surface area contributed by atoms with Crippen LogP contribution < -0.4 is 10.9 Å². The molecule has 4 rings (SSSR count). The van der Waals surface area contributed by atoms with Gasteiger partial charge in [0.05, 0.1) is 22.3 Å². The van der Waals surface area contributed by atoms with E-state index in [1.165, 1.54) is 36.4 Å². The molecule has 2 amide bonds. The average Bonchev–Trinajstić information content (AvgIpc) is 3.59. The van der Waals surface area contributed by atoms with E-state index in [-0.39, 0.29) is 23.0 Å². The highest BCUT2D eigenvalue weighted by Crippen LogP contribution is 2.33. The number of furan rings is 2. The highest BCUT2D eigenvalue weighted by atomic mass is 16.6. The van der Waals surface area contributed by atoms with Crippen molar-refractivity contribution < 1.29 is 38.5 Å². The second-order valence-corrected chi connectivity index (χ2v) is 7.72. The highest BCUT2D eigenvalue weighted by Gasteiger charge is 2.17. The van der Waals surface area contributed by atoms with Gasteiger partial charge < -0.3 is 19.0 Å². The lowest BCUT2D eigenvalue weighted by Crippen LogP contribution is -2.35. The first-order chi connectivity index (χ1) is 19.1. The number of nitrogens with one attached hydrogen (secondary N) is 2. The molecule has 2 heterocycles. The molecule has 0 spiro atoms. The predicted octanol–water partition coefficient (Wildman–Crippen LogP) is 3.03. The maximum absolute atomic E-state index is 11.9. The lowest BCUT2D eigenvalue weighted by molar-refractivity contribution is -0.385. The number of nitrogens with zero attached hydrogens (tertiary/aromatic N) is 4. The van der Waals surface area contributed by atoms with Crippen LogP contribution in [0.25, 0.3) is 22.6 Å². The van der Waals surface area contributed by atoms with E-state index >= 15 is 0 Å². The third kappa shape index (κ3) is 6.14. The lowest BCUT2D eigenvalue weighted by Gasteiger charge is -1.99. The first-order valence-electron chi connectivity index (χ1n) is 10.9. The Balaban J connectivity index is 1.30. The average molecular weight is 548 g/mol. The van der Waals surface area contributed by atoms with Gasteiger partial charge in [0.1, 0.15) is 23.0 Å². The molecule has 0 atom stereocenters. The van der Waals surface area contributed by atoms with Crippen LogP contribution in [0.4, 0.5) is 11.4 Å². The summed E-state index contributed by atoms with van der Waals surface area (Å²) >= 11 is 0. The van der Waals surface area contributed by atoms with E-state index in [4.69, 9.17) is 8.83 Å². The molecular formula is C24H16N6O10. The highest BCUT2D eigenvalue weighted by molar-refractivity contribution is 6.35. The fourth-order valence-electron chi connectivity index (χ4n) is 3.21. The number of phenols is 2. The summed E-state index contributed by atoms with van der Waals surface area (Å²) in [6.45, 7) is 0. The zero-order valence-electron chi connectivity index (χ0n) is 19.9. The van der Waals surface area contributed by atoms with E-state index < -0.39 is 44.5 Å². The molecule has 0 fully saturated rings. The Morgan fingerprint density at radius 2 is 1.10 bits per heavy atom. The van der Waals surface area contributed by atoms with Crippen molar-refractivity contribution in [3.63, 3.8) is 0 Å². The van der Waals surface area contributed by atoms with Crippen LogP contribution in [0, 0.1) is 20.2 Å². The number of benzene rings is 2. The van der Waals surface area contributed by atoms with E-state index in [1.807, 2.05) is 10.9 Å². The van der Waals surface area contributed by atoms with Gasteiger partial charge in [-0.25, -0.2) is 10.9 Å². The summed E-state index contributed by atoms with van der Waals surface area (Å²) in [4.78, 5) is 44.3. The molecule has 0 saturated carbocycles. The van der Waals surface area contributed by atoms with Gasteiger partial charge in [0, 0.05) is 23.3 Å². The Morgan fingerprint density at radius 1 is 0.700 bits per heavy atom. The fourth-order valence-corrected chi connectivity index (χ4v) is 3.21. The van der Waals surface area contributed by atoms with Crippen LogP contribution >= 0.6 is 0 Å². The van der Waals surface area contributed by atoms with E-state index in [9.17, 15) is 40.0 Å². The number of carbonyl (C=O) groups excluding carboxylic acids is 2. The minimum Gasteiger partial charge on any atom is -0.502 e. The fraction of sp³-hybridized carbons (Fsp3) is 0. The summed E-state index contributed by atoms with van der Waals surface area (Å²) < 4.78 is 10.9. The van der Waals surface area contributed by atoms with Crippen molar-refractivity contribution in [2.75, 3.05) is 0 Å². The van der Waals surface area contributed by atoms with Crippen LogP contribution in [0.2, 0.25) is 0 Å². The third-order valence-electron chi connectivity index (χ3n) is 5.09. The van der Waals surface area contributed by atoms with Gasteiger partial charge in [0.15, 0.2) is 11.5 Å². The molecule has 40 heavy (non-hydrogen) atoms. The number of rotatable bonds is 8. The summed E-state index contributed by atoms with van der Waals surface area (Å²) in [5.41, 5.74) is 3.57. The molecule has 2 aromatic carbocycles. The van der Waals surface area contributed by atoms with Gasteiger partial charge >= 0.3 is 23.2 Å². The lowest BCUT2D eigenvalue weighted by atomic mass is 10.1. The van der Waals surface area contributed by atoms with Gasteiger partial charge in [-0.1, -0.05) is 0 Å². The Morgan fingerprint density at radius 3 is 1.48 bits per heavy atom. The van der Waals surface area contributed by atoms with Gasteiger partial charge in [-0.2, -0.15) is 10.2 Å². The molecule has 0 unspecified atom stereocenters. The van der Waals surface area contributed by atoms with E-state index in [2.05, 4.69) is 10.2 Å². The molecule has 4 N–H and O–H groups in total. The molecule has 0 aliphatic heterocycles. The van der Waals surface area contributed by atoms with Crippen molar-refractivity contribution in [3.8, 4) is 34.1 Å². The van der Waals surface area contributed by atoms with Gasteiger partial charge in [0.2, 0.25) is 0 Å². The van der Waals surface area contributed by atoms with Crippen molar-refractivity contribution in [2.24, 2.45) is 10.2 Å². The number of carbonyl (C=O) groups is 2. The molecule has 0 radical (unpaired) electrons. The SMILES string of the molecule is O=C(NN=Cc1ccc(-c2ccc(O)c([N+](=O)[O-])c2)o1)C(=O)N/N=C\c1ccc(-c2ccc(O)c([N+](=O)[O-])c2)o1. The quantitative estimate of drug-likeness (QED) is 0.109. The van der Waals surface area contributed by atoms with E-state index in [1.54, 1.807) is 0 Å². The Bertz CT molecular complexity index is 1560. The van der Waals surface area contributed by atoms with Gasteiger partial charge in [-0.15, -0.1) is 0 Å². The molecule has 0 aliphatic rings. The minimum atomic E-state index is -1.16. The summed E-state index contributed by atoms with van der Waals surface area (Å²) in [5.74, 6) is -2.56. The summed E-state index contributed by atoms with van der Waals surface area (Å²) in [6, 6.07) is 13.3. The van der Waals surface area contributed by atoms with Crippen molar-refractivity contribution in [3.05, 3.63) is 92.4 Å². The van der Waals surface area contributed by atoms with E-state index in [0.29, 0.717) is 11.1 Å². The second kappa shape index (κ2) is 11.4. The Kier molecular flexibility index (Phi) is 7.61. The molecule has 16 nitrogen and oxygen atoms in total. The van der Waals surface area contributed by atoms with Crippen LogP contribution in [0.1, 0.15) is 11.5 Å². The summed E-state index contributed by atoms with van der Waals surface area (Å²) in [6.07, 6.45) is 2.18. The number of hydrogen-bond acceptors (Lipinski definition) is 12. The minimum absolute atomic E-state index is 0.150. The molecular weight excluding hydrogens is 532 g/mol. The van der Waals surface area contributed by atoms with Crippen LogP contribution in [0.5, 0.6) is 11.5 Å². The molecule has 4 aromatic rings. The van der Waals surface area contributed by atoms with Crippen LogP contribution in [0.3, 0.4) is 0 Å². The van der Waals surface area contributed by atoms with Gasteiger partial charge in [-0.3, -0.25) is 29.8 Å². The topological polar surface area (TPSA) is 236 Å². The van der Waals surface area contributed by atoms with Crippen molar-refractivity contribution in [1.29, 1.82) is 0 Å². The maximum atomic E-state index is 11.9. The van der Waals surface area contributed by atoms with Crippen LogP contribution in [-0.2, 0) is 9.59 Å². The number of hydrogen-bond donors (Lipinski definition) is 4. The van der Waals surface area contributed by atoms with Gasteiger partial charge in [-0.05, 0) is 48.5 Å². The number of nitro benzene ring substituents is 2. The zero-order chi connectivity index (χ0) is 28.8. The number of nitro groups is 2. The number of amides is 2. The molecule has 202 valence electrons. The molecule has 0 aliphatic carbocycles. The first kappa shape index (κ1) is 26.7. The zero-order valence-corrected chi connectivity index (χ0v) is 19.9. The summed E-state index contributed by atoms with van der Waals surface area (Å²) in [5, 5.41) is 48.3. The molecule has 0 saturated heterocycles. The largest absolute Gasteiger partial charge is 0.502 e. The molecule has 0 bridgehead atoms. The number of phenolic OH excluding ortho intramolecular Hbond substituents is 2. The molecule has 2 aromatic heterocycles.